The predicted molar refractivity (Wildman–Crippen MR) is 108 cm³/mol. The lowest BCUT2D eigenvalue weighted by molar-refractivity contribution is 0.101. The molecule has 136 valence electrons. The van der Waals surface area contributed by atoms with Crippen molar-refractivity contribution < 1.29 is 14.0 Å². The summed E-state index contributed by atoms with van der Waals surface area (Å²) in [7, 11) is 0. The fourth-order valence-corrected chi connectivity index (χ4v) is 2.76. The van der Waals surface area contributed by atoms with Crippen molar-refractivity contribution in [3.8, 4) is 0 Å². The first kappa shape index (κ1) is 19.1. The van der Waals surface area contributed by atoms with Gasteiger partial charge in [-0.05, 0) is 60.7 Å². The fourth-order valence-electron chi connectivity index (χ4n) is 2.32. The van der Waals surface area contributed by atoms with Crippen molar-refractivity contribution in [2.45, 2.75) is 0 Å². The maximum atomic E-state index is 13.2. The second kappa shape index (κ2) is 8.33. The number of hydrogen-bond donors (Lipinski definition) is 2. The van der Waals surface area contributed by atoms with Crippen LogP contribution in [0.4, 0.5) is 15.8 Å². The molecule has 7 heteroatoms. The maximum Gasteiger partial charge on any atom is 0.255 e. The summed E-state index contributed by atoms with van der Waals surface area (Å²) in [5, 5.41) is 5.30. The zero-order chi connectivity index (χ0) is 19.4. The number of halogens is 3. The van der Waals surface area contributed by atoms with Crippen molar-refractivity contribution in [2.75, 3.05) is 10.6 Å². The van der Waals surface area contributed by atoms with E-state index in [1.807, 2.05) is 0 Å². The molecule has 0 heterocycles. The van der Waals surface area contributed by atoms with Crippen LogP contribution in [0.15, 0.2) is 71.2 Å². The van der Waals surface area contributed by atoms with Crippen molar-refractivity contribution in [2.24, 2.45) is 0 Å². The van der Waals surface area contributed by atoms with Crippen LogP contribution in [0.5, 0.6) is 0 Å². The molecule has 0 spiro atoms. The minimum Gasteiger partial charge on any atom is -0.322 e. The van der Waals surface area contributed by atoms with Crippen molar-refractivity contribution in [3.05, 3.63) is 93.2 Å². The molecule has 3 aromatic carbocycles. The van der Waals surface area contributed by atoms with Gasteiger partial charge in [-0.15, -0.1) is 0 Å². The van der Waals surface area contributed by atoms with Crippen molar-refractivity contribution in [3.63, 3.8) is 0 Å². The Morgan fingerprint density at radius 2 is 1.44 bits per heavy atom. The lowest BCUT2D eigenvalue weighted by Gasteiger charge is -2.09. The second-order valence-electron chi connectivity index (χ2n) is 5.62. The average molecular weight is 448 g/mol. The molecule has 0 unspecified atom stereocenters. The third kappa shape index (κ3) is 4.93. The van der Waals surface area contributed by atoms with E-state index >= 15 is 0 Å². The van der Waals surface area contributed by atoms with E-state index in [4.69, 9.17) is 11.6 Å². The third-order valence-corrected chi connectivity index (χ3v) is 4.48. The van der Waals surface area contributed by atoms with Gasteiger partial charge in [0.25, 0.3) is 11.8 Å². The van der Waals surface area contributed by atoms with Crippen LogP contribution in [0.2, 0.25) is 5.02 Å². The lowest BCUT2D eigenvalue weighted by Crippen LogP contribution is -2.14. The largest absolute Gasteiger partial charge is 0.322 e. The van der Waals surface area contributed by atoms with Crippen LogP contribution in [0.25, 0.3) is 0 Å². The van der Waals surface area contributed by atoms with Crippen LogP contribution in [-0.2, 0) is 0 Å². The quantitative estimate of drug-likeness (QED) is 0.535. The summed E-state index contributed by atoms with van der Waals surface area (Å²) < 4.78 is 14.1. The van der Waals surface area contributed by atoms with Gasteiger partial charge >= 0.3 is 0 Å². The summed E-state index contributed by atoms with van der Waals surface area (Å²) in [4.78, 5) is 24.7. The highest BCUT2D eigenvalue weighted by Crippen LogP contribution is 2.21. The summed E-state index contributed by atoms with van der Waals surface area (Å²) in [6.07, 6.45) is 0. The van der Waals surface area contributed by atoms with Gasteiger partial charge in [-0.1, -0.05) is 33.6 Å². The van der Waals surface area contributed by atoms with Gasteiger partial charge in [-0.2, -0.15) is 0 Å². The number of nitrogens with one attached hydrogen (secondary N) is 2. The molecule has 0 aliphatic rings. The predicted octanol–water partition coefficient (Wildman–Crippen LogP) is 5.75. The maximum absolute atomic E-state index is 13.2. The first-order valence-corrected chi connectivity index (χ1v) is 9.03. The van der Waals surface area contributed by atoms with Gasteiger partial charge in [0.2, 0.25) is 0 Å². The minimum atomic E-state index is -0.563. The SMILES string of the molecule is O=C(Nc1cccc(C(=O)Nc2ccc(F)c(Cl)c2)c1)c1ccc(Br)cc1. The number of carbonyl (C=O) groups is 2. The van der Waals surface area contributed by atoms with E-state index in [9.17, 15) is 14.0 Å². The highest BCUT2D eigenvalue weighted by Gasteiger charge is 2.11. The third-order valence-electron chi connectivity index (χ3n) is 3.67. The van der Waals surface area contributed by atoms with Crippen LogP contribution in [0, 0.1) is 5.82 Å². The van der Waals surface area contributed by atoms with Gasteiger partial charge < -0.3 is 10.6 Å². The Kier molecular flexibility index (Phi) is 5.88. The first-order chi connectivity index (χ1) is 12.9. The number of anilines is 2. The molecule has 4 nitrogen and oxygen atoms in total. The molecule has 0 saturated heterocycles. The number of hydrogen-bond acceptors (Lipinski definition) is 2. The van der Waals surface area contributed by atoms with E-state index < -0.39 is 11.7 Å². The summed E-state index contributed by atoms with van der Waals surface area (Å²) in [5.41, 5.74) is 1.68. The summed E-state index contributed by atoms with van der Waals surface area (Å²) in [6.45, 7) is 0. The van der Waals surface area contributed by atoms with Gasteiger partial charge in [0.1, 0.15) is 5.82 Å². The van der Waals surface area contributed by atoms with Crippen LogP contribution in [0.1, 0.15) is 20.7 Å². The first-order valence-electron chi connectivity index (χ1n) is 7.86. The molecule has 0 fully saturated rings. The van der Waals surface area contributed by atoms with Crippen LogP contribution in [-0.4, -0.2) is 11.8 Å². The van der Waals surface area contributed by atoms with E-state index in [1.54, 1.807) is 48.5 Å². The average Bonchev–Trinajstić information content (AvgIpc) is 2.65. The smallest absolute Gasteiger partial charge is 0.255 e. The fraction of sp³-hybridized carbons (Fsp3) is 0. The van der Waals surface area contributed by atoms with E-state index in [-0.39, 0.29) is 10.9 Å². The molecule has 3 rings (SSSR count). The number of benzene rings is 3. The Balaban J connectivity index is 1.72. The van der Waals surface area contributed by atoms with E-state index in [2.05, 4.69) is 26.6 Å². The van der Waals surface area contributed by atoms with Crippen molar-refractivity contribution >= 4 is 50.7 Å². The topological polar surface area (TPSA) is 58.2 Å². The number of rotatable bonds is 4. The van der Waals surface area contributed by atoms with Crippen LogP contribution in [0.3, 0.4) is 0 Å². The standard InChI is InChI=1S/C20H13BrClFN2O2/c21-14-6-4-12(5-7-14)19(26)24-15-3-1-2-13(10-15)20(27)25-16-8-9-18(23)17(22)11-16/h1-11H,(H,24,26)(H,25,27). The van der Waals surface area contributed by atoms with E-state index in [0.29, 0.717) is 22.5 Å². The summed E-state index contributed by atoms with van der Waals surface area (Å²) in [5.74, 6) is -1.25. The molecule has 0 bridgehead atoms. The van der Waals surface area contributed by atoms with Gasteiger partial charge in [0.15, 0.2) is 0 Å². The normalized spacial score (nSPS) is 10.3. The van der Waals surface area contributed by atoms with Crippen molar-refractivity contribution in [1.82, 2.24) is 0 Å². The van der Waals surface area contributed by atoms with Gasteiger partial charge in [-0.25, -0.2) is 4.39 Å². The molecular formula is C20H13BrClFN2O2. The Morgan fingerprint density at radius 1 is 0.815 bits per heavy atom. The molecule has 2 N–H and O–H groups in total. The Morgan fingerprint density at radius 3 is 2.11 bits per heavy atom. The Bertz CT molecular complexity index is 1010. The highest BCUT2D eigenvalue weighted by molar-refractivity contribution is 9.10. The van der Waals surface area contributed by atoms with Gasteiger partial charge in [0, 0.05) is 27.0 Å². The summed E-state index contributed by atoms with van der Waals surface area (Å²) >= 11 is 9.03. The molecule has 0 aliphatic heterocycles. The zero-order valence-corrected chi connectivity index (χ0v) is 16.1. The number of amides is 2. The lowest BCUT2D eigenvalue weighted by atomic mass is 10.1. The molecule has 2 amide bonds. The Labute approximate surface area is 168 Å². The highest BCUT2D eigenvalue weighted by atomic mass is 79.9. The van der Waals surface area contributed by atoms with Crippen LogP contribution < -0.4 is 10.6 Å². The van der Waals surface area contributed by atoms with Gasteiger partial charge in [0.05, 0.1) is 5.02 Å². The monoisotopic (exact) mass is 446 g/mol. The molecule has 0 aliphatic carbocycles. The second-order valence-corrected chi connectivity index (χ2v) is 6.95. The molecule has 0 aromatic heterocycles. The molecule has 0 atom stereocenters. The molecule has 0 saturated carbocycles. The molecule has 0 radical (unpaired) electrons. The molecular weight excluding hydrogens is 435 g/mol. The molecule has 27 heavy (non-hydrogen) atoms. The minimum absolute atomic E-state index is 0.0803. The Hall–Kier alpha value is -2.70. The molecule has 3 aromatic rings. The summed E-state index contributed by atoms with van der Waals surface area (Å²) in [6, 6.07) is 17.3. The van der Waals surface area contributed by atoms with Crippen molar-refractivity contribution in [1.29, 1.82) is 0 Å². The van der Waals surface area contributed by atoms with Crippen LogP contribution >= 0.6 is 27.5 Å². The van der Waals surface area contributed by atoms with Gasteiger partial charge in [-0.3, -0.25) is 9.59 Å². The van der Waals surface area contributed by atoms with E-state index in [0.717, 1.165) is 4.47 Å². The number of carbonyl (C=O) groups excluding carboxylic acids is 2. The zero-order valence-electron chi connectivity index (χ0n) is 13.8. The van der Waals surface area contributed by atoms with E-state index in [1.165, 1.54) is 18.2 Å².